The van der Waals surface area contributed by atoms with Crippen LogP contribution in [0.4, 0.5) is 0 Å². The third-order valence-electron chi connectivity index (χ3n) is 5.11. The van der Waals surface area contributed by atoms with E-state index in [1.165, 1.54) is 101 Å². The molecule has 1 aromatic rings. The molecule has 0 aliphatic rings. The van der Waals surface area contributed by atoms with Crippen LogP contribution in [0.25, 0.3) is 0 Å². The van der Waals surface area contributed by atoms with Gasteiger partial charge in [0.25, 0.3) is 0 Å². The van der Waals surface area contributed by atoms with Crippen LogP contribution in [0.5, 0.6) is 0 Å². The molecule has 0 saturated carbocycles. The molecule has 0 bridgehead atoms. The summed E-state index contributed by atoms with van der Waals surface area (Å²) < 4.78 is 2.18. The molecule has 0 fully saturated rings. The summed E-state index contributed by atoms with van der Waals surface area (Å²) in [5, 5.41) is 18.5. The number of rotatable bonds is 18. The van der Waals surface area contributed by atoms with Crippen LogP contribution in [0.3, 0.4) is 0 Å². The second-order valence-electron chi connectivity index (χ2n) is 7.49. The average molecular weight is 431 g/mol. The molecule has 0 atom stereocenters. The van der Waals surface area contributed by atoms with E-state index in [1.54, 1.807) is 0 Å². The summed E-state index contributed by atoms with van der Waals surface area (Å²) in [6.07, 6.45) is 21.9. The summed E-state index contributed by atoms with van der Waals surface area (Å²) in [4.78, 5) is 4.48. The van der Waals surface area contributed by atoms with Gasteiger partial charge in [-0.05, 0) is 0 Å². The maximum absolute atomic E-state index is 9.26. The van der Waals surface area contributed by atoms with Crippen LogP contribution in [0.15, 0.2) is 0 Å². The van der Waals surface area contributed by atoms with Gasteiger partial charge >= 0.3 is 128 Å². The quantitative estimate of drug-likeness (QED) is 0.238. The predicted molar refractivity (Wildman–Crippen MR) is 112 cm³/mol. The first-order valence-electron chi connectivity index (χ1n) is 11.0. The number of aliphatic hydroxyl groups is 2. The standard InChI is InChI=1S/C22H41NO2Se/c1-2-3-4-5-6-7-8-9-10-11-12-13-14-15-16-17-22-23-20(18-24)21(19-25)26-22/h24-25H,2-19H2,1H3. The first-order chi connectivity index (χ1) is 12.8. The third kappa shape index (κ3) is 11.5. The molecule has 0 aliphatic heterocycles. The molecule has 1 heterocycles. The van der Waals surface area contributed by atoms with Crippen LogP contribution < -0.4 is 0 Å². The van der Waals surface area contributed by atoms with Gasteiger partial charge in [-0.3, -0.25) is 0 Å². The van der Waals surface area contributed by atoms with E-state index in [2.05, 4.69) is 11.9 Å². The monoisotopic (exact) mass is 431 g/mol. The first kappa shape index (κ1) is 23.9. The number of aryl methyl sites for hydroxylation is 1. The van der Waals surface area contributed by atoms with Crippen LogP contribution in [0, 0.1) is 0 Å². The molecule has 0 unspecified atom stereocenters. The molecule has 1 aromatic heterocycles. The Morgan fingerprint density at radius 1 is 0.654 bits per heavy atom. The molecule has 1 rings (SSSR count). The van der Waals surface area contributed by atoms with Crippen LogP contribution in [-0.2, 0) is 19.6 Å². The van der Waals surface area contributed by atoms with Crippen molar-refractivity contribution in [3.05, 3.63) is 14.7 Å². The van der Waals surface area contributed by atoms with Gasteiger partial charge in [0.2, 0.25) is 0 Å². The predicted octanol–water partition coefficient (Wildman–Crippen LogP) is 5.54. The Morgan fingerprint density at radius 2 is 1.12 bits per heavy atom. The van der Waals surface area contributed by atoms with Crippen molar-refractivity contribution in [3.63, 3.8) is 0 Å². The Labute approximate surface area is 167 Å². The fourth-order valence-corrected chi connectivity index (χ4v) is 5.49. The van der Waals surface area contributed by atoms with E-state index in [0.29, 0.717) is 0 Å². The van der Waals surface area contributed by atoms with E-state index in [9.17, 15) is 10.2 Å². The van der Waals surface area contributed by atoms with Crippen molar-refractivity contribution in [2.45, 2.75) is 123 Å². The Bertz CT molecular complexity index is 412. The van der Waals surface area contributed by atoms with Crippen LogP contribution >= 0.6 is 0 Å². The molecule has 0 aliphatic carbocycles. The van der Waals surface area contributed by atoms with Crippen molar-refractivity contribution in [3.8, 4) is 0 Å². The Balaban J connectivity index is 1.84. The summed E-state index contributed by atoms with van der Waals surface area (Å²) >= 11 is 0.183. The normalized spacial score (nSPS) is 11.3. The number of nitrogens with zero attached hydrogens (tertiary/aromatic N) is 1. The third-order valence-corrected chi connectivity index (χ3v) is 7.51. The van der Waals surface area contributed by atoms with E-state index in [-0.39, 0.29) is 27.7 Å². The Morgan fingerprint density at radius 3 is 1.50 bits per heavy atom. The van der Waals surface area contributed by atoms with Crippen molar-refractivity contribution in [1.29, 1.82) is 0 Å². The zero-order chi connectivity index (χ0) is 18.9. The summed E-state index contributed by atoms with van der Waals surface area (Å²) in [5.41, 5.74) is 0.725. The number of hydrogen-bond donors (Lipinski definition) is 2. The van der Waals surface area contributed by atoms with Gasteiger partial charge < -0.3 is 0 Å². The molecule has 0 spiro atoms. The zero-order valence-corrected chi connectivity index (χ0v) is 18.7. The van der Waals surface area contributed by atoms with Gasteiger partial charge in [-0.15, -0.1) is 0 Å². The van der Waals surface area contributed by atoms with Gasteiger partial charge in [0.05, 0.1) is 0 Å². The number of aliphatic hydroxyl groups excluding tert-OH is 2. The molecule has 152 valence electrons. The Kier molecular flexibility index (Phi) is 15.6. The fraction of sp³-hybridized carbons (Fsp3) is 0.864. The second-order valence-corrected chi connectivity index (χ2v) is 9.94. The minimum atomic E-state index is -0.0278. The van der Waals surface area contributed by atoms with Crippen molar-refractivity contribution in [1.82, 2.24) is 4.98 Å². The molecule has 0 saturated heterocycles. The molecule has 3 nitrogen and oxygen atoms in total. The number of hydrogen-bond acceptors (Lipinski definition) is 3. The molecule has 0 aromatic carbocycles. The number of aromatic nitrogens is 1. The van der Waals surface area contributed by atoms with Gasteiger partial charge in [-0.25, -0.2) is 0 Å². The Hall–Kier alpha value is -0.151. The van der Waals surface area contributed by atoms with Crippen LogP contribution in [0.1, 0.15) is 118 Å². The molecular formula is C22H41NO2Se. The summed E-state index contributed by atoms with van der Waals surface area (Å²) in [7, 11) is 0. The van der Waals surface area contributed by atoms with E-state index in [1.807, 2.05) is 0 Å². The minimum absolute atomic E-state index is 0.0278. The van der Waals surface area contributed by atoms with Gasteiger partial charge in [0.1, 0.15) is 0 Å². The first-order valence-corrected chi connectivity index (χ1v) is 12.7. The molecular weight excluding hydrogens is 389 g/mol. The molecule has 2 N–H and O–H groups in total. The van der Waals surface area contributed by atoms with E-state index < -0.39 is 0 Å². The van der Waals surface area contributed by atoms with E-state index in [4.69, 9.17) is 0 Å². The topological polar surface area (TPSA) is 53.4 Å². The SMILES string of the molecule is CCCCCCCCCCCCCCCCCc1nc(CO)c(CO)[se]1. The van der Waals surface area contributed by atoms with Gasteiger partial charge in [-0.1, -0.05) is 39.0 Å². The average Bonchev–Trinajstić information content (AvgIpc) is 3.07. The maximum atomic E-state index is 9.26. The van der Waals surface area contributed by atoms with Gasteiger partial charge in [0.15, 0.2) is 0 Å². The van der Waals surface area contributed by atoms with Crippen molar-refractivity contribution < 1.29 is 10.2 Å². The van der Waals surface area contributed by atoms with Gasteiger partial charge in [0, 0.05) is 0 Å². The van der Waals surface area contributed by atoms with Crippen LogP contribution in [0.2, 0.25) is 0 Å². The molecule has 0 radical (unpaired) electrons. The van der Waals surface area contributed by atoms with Gasteiger partial charge in [-0.2, -0.15) is 0 Å². The van der Waals surface area contributed by atoms with Crippen molar-refractivity contribution in [2.75, 3.05) is 0 Å². The number of unbranched alkanes of at least 4 members (excludes halogenated alkanes) is 14. The van der Waals surface area contributed by atoms with Crippen molar-refractivity contribution in [2.24, 2.45) is 0 Å². The molecule has 26 heavy (non-hydrogen) atoms. The fourth-order valence-electron chi connectivity index (χ4n) is 3.44. The van der Waals surface area contributed by atoms with E-state index >= 15 is 0 Å². The van der Waals surface area contributed by atoms with Crippen LogP contribution in [-0.4, -0.2) is 29.7 Å². The molecule has 0 amide bonds. The zero-order valence-electron chi connectivity index (χ0n) is 17.0. The summed E-state index contributed by atoms with van der Waals surface area (Å²) in [6, 6.07) is 0. The van der Waals surface area contributed by atoms with Crippen molar-refractivity contribution >= 4 is 14.5 Å². The summed E-state index contributed by atoms with van der Waals surface area (Å²) in [5.74, 6) is 0. The van der Waals surface area contributed by atoms with E-state index in [0.717, 1.165) is 16.6 Å². The molecule has 4 heteroatoms. The second kappa shape index (κ2) is 17.0. The summed E-state index contributed by atoms with van der Waals surface area (Å²) in [6.45, 7) is 2.31.